The van der Waals surface area contributed by atoms with Crippen molar-refractivity contribution in [3.8, 4) is 5.75 Å². The first-order valence-electron chi connectivity index (χ1n) is 15.7. The van der Waals surface area contributed by atoms with Crippen molar-refractivity contribution in [1.82, 2.24) is 4.90 Å². The molecule has 0 spiro atoms. The molecule has 44 heavy (non-hydrogen) atoms. The number of rotatable bonds is 8. The van der Waals surface area contributed by atoms with E-state index in [1.54, 1.807) is 24.3 Å². The second kappa shape index (κ2) is 12.9. The molecular weight excluding hydrogens is 584 g/mol. The van der Waals surface area contributed by atoms with Gasteiger partial charge in [-0.15, -0.1) is 0 Å². The summed E-state index contributed by atoms with van der Waals surface area (Å²) in [6.07, 6.45) is -2.43. The molecule has 0 radical (unpaired) electrons. The largest absolute Gasteiger partial charge is 0.484 e. The van der Waals surface area contributed by atoms with Gasteiger partial charge in [0, 0.05) is 42.3 Å². The number of fused-ring (bicyclic) bond motifs is 1. The Hall–Kier alpha value is -2.75. The first kappa shape index (κ1) is 32.6. The molecule has 10 heteroatoms. The summed E-state index contributed by atoms with van der Waals surface area (Å²) in [4.78, 5) is 16.6. The van der Waals surface area contributed by atoms with Gasteiger partial charge in [-0.05, 0) is 73.6 Å². The predicted octanol–water partition coefficient (Wildman–Crippen LogP) is 8.57. The van der Waals surface area contributed by atoms with Crippen LogP contribution in [0.1, 0.15) is 87.8 Å². The van der Waals surface area contributed by atoms with E-state index in [0.717, 1.165) is 5.56 Å². The Bertz CT molecular complexity index is 1310. The number of hydrogen-bond acceptors (Lipinski definition) is 3. The minimum atomic E-state index is -4.51. The van der Waals surface area contributed by atoms with Crippen molar-refractivity contribution < 1.29 is 40.6 Å². The average Bonchev–Trinajstić information content (AvgIpc) is 3.00. The van der Waals surface area contributed by atoms with Gasteiger partial charge in [-0.3, -0.25) is 4.79 Å². The SMILES string of the molecule is CC[C@@H](C(=O)N1CC[C@@H](c2ccccc2F)C[C@H]1C1CCC(F)(F)CC1)[C@]1(CC)COCc2c(OCC(F)(F)F)cccc21. The van der Waals surface area contributed by atoms with Crippen molar-refractivity contribution in [2.45, 2.75) is 101 Å². The number of hydrogen-bond donors (Lipinski definition) is 0. The van der Waals surface area contributed by atoms with Crippen molar-refractivity contribution in [2.75, 3.05) is 19.8 Å². The Labute approximate surface area is 255 Å². The number of amides is 1. The summed E-state index contributed by atoms with van der Waals surface area (Å²) < 4.78 is 93.4. The highest BCUT2D eigenvalue weighted by Gasteiger charge is 2.50. The van der Waals surface area contributed by atoms with Gasteiger partial charge in [0.1, 0.15) is 11.6 Å². The van der Waals surface area contributed by atoms with E-state index >= 15 is 0 Å². The Morgan fingerprint density at radius 2 is 1.80 bits per heavy atom. The molecule has 2 aromatic carbocycles. The van der Waals surface area contributed by atoms with Crippen molar-refractivity contribution >= 4 is 5.91 Å². The number of carbonyl (C=O) groups excluding carboxylic acids is 1. The molecule has 2 aromatic rings. The minimum Gasteiger partial charge on any atom is -0.484 e. The standard InChI is InChI=1S/C34H41F6NO3/c1-3-26(32(4-2)20-43-19-25-27(32)9-7-11-30(25)44-21-34(38,39)40)31(42)41-17-14-23(24-8-5-6-10-28(24)35)18-29(41)22-12-15-33(36,37)16-13-22/h5-11,22-23,26,29H,3-4,12-21H2,1-2H3/t23-,26+,29+,32+/m1/s1. The van der Waals surface area contributed by atoms with E-state index in [1.807, 2.05) is 24.8 Å². The summed E-state index contributed by atoms with van der Waals surface area (Å²) in [5, 5.41) is 0. The van der Waals surface area contributed by atoms with Gasteiger partial charge >= 0.3 is 6.18 Å². The molecule has 0 aromatic heterocycles. The Morgan fingerprint density at radius 1 is 1.07 bits per heavy atom. The first-order chi connectivity index (χ1) is 20.9. The lowest BCUT2D eigenvalue weighted by Gasteiger charge is -2.50. The van der Waals surface area contributed by atoms with Crippen LogP contribution in [0.25, 0.3) is 0 Å². The van der Waals surface area contributed by atoms with Crippen LogP contribution in [0, 0.1) is 17.7 Å². The van der Waals surface area contributed by atoms with Gasteiger partial charge in [0.15, 0.2) is 6.61 Å². The molecule has 3 aliphatic rings. The number of carbonyl (C=O) groups is 1. The third kappa shape index (κ3) is 6.60. The smallest absolute Gasteiger partial charge is 0.422 e. The Kier molecular flexibility index (Phi) is 9.59. The summed E-state index contributed by atoms with van der Waals surface area (Å²) in [5.41, 5.74) is 1.04. The maximum absolute atomic E-state index is 14.9. The molecule has 2 heterocycles. The molecule has 2 fully saturated rings. The van der Waals surface area contributed by atoms with Gasteiger partial charge in [0.25, 0.3) is 0 Å². The van der Waals surface area contributed by atoms with E-state index in [2.05, 4.69) is 0 Å². The number of benzene rings is 2. The van der Waals surface area contributed by atoms with E-state index in [-0.39, 0.29) is 74.2 Å². The van der Waals surface area contributed by atoms with E-state index < -0.39 is 30.0 Å². The van der Waals surface area contributed by atoms with E-state index in [4.69, 9.17) is 9.47 Å². The van der Waals surface area contributed by atoms with Crippen LogP contribution in [0.3, 0.4) is 0 Å². The monoisotopic (exact) mass is 625 g/mol. The average molecular weight is 626 g/mol. The third-order valence-electron chi connectivity index (χ3n) is 10.2. The van der Waals surface area contributed by atoms with Crippen LogP contribution in [-0.4, -0.2) is 48.7 Å². The summed E-state index contributed by atoms with van der Waals surface area (Å²) in [6.45, 7) is 3.09. The molecule has 0 unspecified atom stereocenters. The van der Waals surface area contributed by atoms with Crippen LogP contribution in [-0.2, 0) is 21.6 Å². The fourth-order valence-corrected chi connectivity index (χ4v) is 7.97. The first-order valence-corrected chi connectivity index (χ1v) is 15.7. The van der Waals surface area contributed by atoms with Crippen LogP contribution in [0.5, 0.6) is 5.75 Å². The highest BCUT2D eigenvalue weighted by Crippen LogP contribution is 2.49. The van der Waals surface area contributed by atoms with Crippen molar-refractivity contribution in [2.24, 2.45) is 11.8 Å². The third-order valence-corrected chi connectivity index (χ3v) is 10.2. The van der Waals surface area contributed by atoms with Gasteiger partial charge in [-0.1, -0.05) is 44.2 Å². The highest BCUT2D eigenvalue weighted by atomic mass is 19.4. The molecule has 1 saturated carbocycles. The van der Waals surface area contributed by atoms with Gasteiger partial charge in [0.05, 0.1) is 13.2 Å². The summed E-state index contributed by atoms with van der Waals surface area (Å²) in [7, 11) is 0. The number of likely N-dealkylation sites (tertiary alicyclic amines) is 1. The molecule has 242 valence electrons. The molecule has 0 N–H and O–H groups in total. The van der Waals surface area contributed by atoms with E-state index in [0.29, 0.717) is 43.4 Å². The van der Waals surface area contributed by atoms with Crippen LogP contribution < -0.4 is 4.74 Å². The van der Waals surface area contributed by atoms with Crippen LogP contribution in [0.15, 0.2) is 42.5 Å². The van der Waals surface area contributed by atoms with E-state index in [1.165, 1.54) is 12.1 Å². The Morgan fingerprint density at radius 3 is 2.45 bits per heavy atom. The van der Waals surface area contributed by atoms with Crippen molar-refractivity contribution in [3.05, 3.63) is 65.0 Å². The second-order valence-electron chi connectivity index (χ2n) is 12.7. The number of halogens is 6. The van der Waals surface area contributed by atoms with E-state index in [9.17, 15) is 31.1 Å². The molecule has 1 amide bonds. The molecule has 1 saturated heterocycles. The van der Waals surface area contributed by atoms with Crippen LogP contribution in [0.4, 0.5) is 26.3 Å². The molecule has 0 bridgehead atoms. The number of alkyl halides is 5. The predicted molar refractivity (Wildman–Crippen MR) is 154 cm³/mol. The molecule has 1 aliphatic carbocycles. The second-order valence-corrected chi connectivity index (χ2v) is 12.7. The lowest BCUT2D eigenvalue weighted by molar-refractivity contribution is -0.153. The Balaban J connectivity index is 1.47. The van der Waals surface area contributed by atoms with Crippen molar-refractivity contribution in [3.63, 3.8) is 0 Å². The lowest BCUT2D eigenvalue weighted by atomic mass is 9.64. The number of ether oxygens (including phenoxy) is 2. The molecular formula is C34H41F6NO3. The van der Waals surface area contributed by atoms with Gasteiger partial charge in [0.2, 0.25) is 11.8 Å². The zero-order valence-corrected chi connectivity index (χ0v) is 25.3. The maximum atomic E-state index is 14.9. The highest BCUT2D eigenvalue weighted by molar-refractivity contribution is 5.81. The van der Waals surface area contributed by atoms with Gasteiger partial charge < -0.3 is 14.4 Å². The van der Waals surface area contributed by atoms with Gasteiger partial charge in [-0.2, -0.15) is 13.2 Å². The maximum Gasteiger partial charge on any atom is 0.422 e. The zero-order valence-electron chi connectivity index (χ0n) is 25.3. The number of piperidine rings is 1. The summed E-state index contributed by atoms with van der Waals surface area (Å²) in [6, 6.07) is 11.3. The molecule has 2 aliphatic heterocycles. The molecule has 5 rings (SSSR count). The quantitative estimate of drug-likeness (QED) is 0.276. The fraction of sp³-hybridized carbons (Fsp3) is 0.618. The van der Waals surface area contributed by atoms with Crippen LogP contribution in [0.2, 0.25) is 0 Å². The minimum absolute atomic E-state index is 0.0721. The summed E-state index contributed by atoms with van der Waals surface area (Å²) >= 11 is 0. The summed E-state index contributed by atoms with van der Waals surface area (Å²) in [5.74, 6) is -3.89. The van der Waals surface area contributed by atoms with Crippen molar-refractivity contribution in [1.29, 1.82) is 0 Å². The topological polar surface area (TPSA) is 38.8 Å². The molecule has 4 atom stereocenters. The van der Waals surface area contributed by atoms with Gasteiger partial charge in [-0.25, -0.2) is 13.2 Å². The zero-order chi connectivity index (χ0) is 31.7. The molecule has 4 nitrogen and oxygen atoms in total. The normalized spacial score (nSPS) is 26.6. The fourth-order valence-electron chi connectivity index (χ4n) is 7.97. The van der Waals surface area contributed by atoms with Crippen LogP contribution >= 0.6 is 0 Å². The lowest BCUT2D eigenvalue weighted by Crippen LogP contribution is -2.56. The number of nitrogens with zero attached hydrogens (tertiary/aromatic N) is 1.